The highest BCUT2D eigenvalue weighted by atomic mass is 16.2. The lowest BCUT2D eigenvalue weighted by molar-refractivity contribution is 0.0949. The van der Waals surface area contributed by atoms with Crippen LogP contribution in [0.5, 0.6) is 0 Å². The molecule has 1 aliphatic carbocycles. The summed E-state index contributed by atoms with van der Waals surface area (Å²) in [6, 6.07) is 1.87. The third-order valence-electron chi connectivity index (χ3n) is 4.34. The lowest BCUT2D eigenvalue weighted by atomic mass is 9.86. The van der Waals surface area contributed by atoms with Gasteiger partial charge >= 0.3 is 0 Å². The van der Waals surface area contributed by atoms with Gasteiger partial charge in [0.05, 0.1) is 5.69 Å². The van der Waals surface area contributed by atoms with Gasteiger partial charge in [0, 0.05) is 11.9 Å². The maximum atomic E-state index is 12.2. The van der Waals surface area contributed by atoms with Gasteiger partial charge in [0.15, 0.2) is 0 Å². The van der Waals surface area contributed by atoms with Gasteiger partial charge in [-0.05, 0) is 24.8 Å². The van der Waals surface area contributed by atoms with Gasteiger partial charge in [-0.1, -0.05) is 19.3 Å². The third-order valence-corrected chi connectivity index (χ3v) is 4.34. The SMILES string of the molecule is NNC(=O)c1cn(-c2cc(C3CCCCC3)[nH]c(=O)c2N)cn1. The number of nitrogens with zero attached hydrogens (tertiary/aromatic N) is 2. The standard InChI is InChI=1S/C15H20N6O2/c16-13-12(21-7-11(18-8-21)14(22)20-17)6-10(19-15(13)23)9-4-2-1-3-5-9/h6-9H,1-5,16-17H2,(H,19,23)(H,20,22). The highest BCUT2D eigenvalue weighted by Crippen LogP contribution is 2.32. The van der Waals surface area contributed by atoms with Crippen LogP contribution < -0.4 is 22.6 Å². The number of hydrogen-bond acceptors (Lipinski definition) is 5. The van der Waals surface area contributed by atoms with E-state index in [0.29, 0.717) is 11.6 Å². The molecule has 2 aromatic heterocycles. The molecule has 1 fully saturated rings. The van der Waals surface area contributed by atoms with Crippen molar-refractivity contribution in [2.45, 2.75) is 38.0 Å². The van der Waals surface area contributed by atoms with Gasteiger partial charge < -0.3 is 15.3 Å². The Morgan fingerprint density at radius 1 is 1.35 bits per heavy atom. The summed E-state index contributed by atoms with van der Waals surface area (Å²) in [6.07, 6.45) is 8.63. The molecule has 122 valence electrons. The first-order valence-electron chi connectivity index (χ1n) is 7.68. The largest absolute Gasteiger partial charge is 0.393 e. The highest BCUT2D eigenvalue weighted by Gasteiger charge is 2.19. The molecule has 0 unspecified atom stereocenters. The number of nitrogens with two attached hydrogens (primary N) is 2. The Kier molecular flexibility index (Phi) is 4.16. The average molecular weight is 316 g/mol. The Bertz CT molecular complexity index is 773. The molecule has 2 heterocycles. The first-order chi connectivity index (χ1) is 11.1. The fourth-order valence-corrected chi connectivity index (χ4v) is 3.07. The molecule has 1 amide bonds. The van der Waals surface area contributed by atoms with Gasteiger partial charge in [0.25, 0.3) is 11.5 Å². The number of hydrogen-bond donors (Lipinski definition) is 4. The minimum Gasteiger partial charge on any atom is -0.393 e. The van der Waals surface area contributed by atoms with Crippen LogP contribution in [0.1, 0.15) is 54.2 Å². The number of nitrogens with one attached hydrogen (secondary N) is 2. The van der Waals surface area contributed by atoms with E-state index in [1.54, 1.807) is 4.57 Å². The van der Waals surface area contributed by atoms with Gasteiger partial charge in [0.1, 0.15) is 17.7 Å². The lowest BCUT2D eigenvalue weighted by Crippen LogP contribution is -2.30. The van der Waals surface area contributed by atoms with Gasteiger partial charge in [0.2, 0.25) is 0 Å². The Hall–Kier alpha value is -2.61. The zero-order valence-electron chi connectivity index (χ0n) is 12.7. The molecule has 0 saturated heterocycles. The number of carbonyl (C=O) groups is 1. The van der Waals surface area contributed by atoms with E-state index < -0.39 is 5.91 Å². The number of imidazole rings is 1. The molecule has 0 aliphatic heterocycles. The lowest BCUT2D eigenvalue weighted by Gasteiger charge is -2.22. The molecule has 3 rings (SSSR count). The fourth-order valence-electron chi connectivity index (χ4n) is 3.07. The van der Waals surface area contributed by atoms with Crippen LogP contribution >= 0.6 is 0 Å². The molecule has 23 heavy (non-hydrogen) atoms. The molecule has 2 aromatic rings. The minimum atomic E-state index is -0.500. The van der Waals surface area contributed by atoms with Crippen LogP contribution in [0.2, 0.25) is 0 Å². The summed E-state index contributed by atoms with van der Waals surface area (Å²) in [5.41, 5.74) is 9.29. The molecule has 0 spiro atoms. The average Bonchev–Trinajstić information content (AvgIpc) is 3.07. The number of rotatable bonds is 3. The summed E-state index contributed by atoms with van der Waals surface area (Å²) in [7, 11) is 0. The Morgan fingerprint density at radius 3 is 2.78 bits per heavy atom. The number of carbonyl (C=O) groups excluding carboxylic acids is 1. The van der Waals surface area contributed by atoms with Crippen molar-refractivity contribution in [3.63, 3.8) is 0 Å². The van der Waals surface area contributed by atoms with Gasteiger partial charge in [-0.25, -0.2) is 10.8 Å². The van der Waals surface area contributed by atoms with E-state index in [4.69, 9.17) is 11.6 Å². The van der Waals surface area contributed by atoms with Crippen LogP contribution in [0.25, 0.3) is 5.69 Å². The van der Waals surface area contributed by atoms with Gasteiger partial charge in [-0.2, -0.15) is 0 Å². The molecule has 8 nitrogen and oxygen atoms in total. The van der Waals surface area contributed by atoms with E-state index in [2.05, 4.69) is 9.97 Å². The molecule has 0 aromatic carbocycles. The second-order valence-electron chi connectivity index (χ2n) is 5.83. The zero-order valence-corrected chi connectivity index (χ0v) is 12.7. The van der Waals surface area contributed by atoms with Gasteiger partial charge in [-0.15, -0.1) is 0 Å². The Labute approximate surface area is 132 Å². The summed E-state index contributed by atoms with van der Waals surface area (Å²) >= 11 is 0. The first-order valence-corrected chi connectivity index (χ1v) is 7.68. The van der Waals surface area contributed by atoms with Crippen LogP contribution in [0, 0.1) is 0 Å². The van der Waals surface area contributed by atoms with Crippen LogP contribution in [-0.2, 0) is 0 Å². The topological polar surface area (TPSA) is 132 Å². The summed E-state index contributed by atoms with van der Waals surface area (Å²) in [6.45, 7) is 0. The van der Waals surface area contributed by atoms with Crippen molar-refractivity contribution in [2.75, 3.05) is 5.73 Å². The summed E-state index contributed by atoms with van der Waals surface area (Å²) in [5, 5.41) is 0. The predicted octanol–water partition coefficient (Wildman–Crippen LogP) is 0.794. The summed E-state index contributed by atoms with van der Waals surface area (Å²) in [5.74, 6) is 4.94. The number of aromatic amines is 1. The fraction of sp³-hybridized carbons (Fsp3) is 0.400. The normalized spacial score (nSPS) is 15.5. The van der Waals surface area contributed by atoms with Crippen LogP contribution in [0.4, 0.5) is 5.69 Å². The number of anilines is 1. The van der Waals surface area contributed by atoms with Crippen molar-refractivity contribution >= 4 is 11.6 Å². The minimum absolute atomic E-state index is 0.0988. The van der Waals surface area contributed by atoms with Crippen LogP contribution in [-0.4, -0.2) is 20.4 Å². The van der Waals surface area contributed by atoms with Crippen molar-refractivity contribution < 1.29 is 4.79 Å². The maximum absolute atomic E-state index is 12.2. The van der Waals surface area contributed by atoms with Crippen molar-refractivity contribution in [1.82, 2.24) is 20.0 Å². The van der Waals surface area contributed by atoms with E-state index >= 15 is 0 Å². The number of hydrazine groups is 1. The molecule has 0 bridgehead atoms. The zero-order chi connectivity index (χ0) is 16.4. The van der Waals surface area contributed by atoms with Crippen molar-refractivity contribution in [3.8, 4) is 5.69 Å². The Balaban J connectivity index is 2.01. The molecular formula is C15H20N6O2. The molecule has 8 heteroatoms. The third kappa shape index (κ3) is 2.98. The number of aromatic nitrogens is 3. The molecular weight excluding hydrogens is 296 g/mol. The van der Waals surface area contributed by atoms with E-state index in [9.17, 15) is 9.59 Å². The van der Waals surface area contributed by atoms with Crippen LogP contribution in [0.15, 0.2) is 23.4 Å². The first kappa shape index (κ1) is 15.3. The summed E-state index contributed by atoms with van der Waals surface area (Å²) < 4.78 is 1.57. The van der Waals surface area contributed by atoms with E-state index in [1.807, 2.05) is 11.5 Å². The quantitative estimate of drug-likeness (QED) is 0.378. The molecule has 0 radical (unpaired) electrons. The number of amides is 1. The number of nitrogen functional groups attached to an aromatic ring is 2. The second-order valence-corrected chi connectivity index (χ2v) is 5.83. The van der Waals surface area contributed by atoms with Crippen molar-refractivity contribution in [3.05, 3.63) is 40.3 Å². The number of H-pyrrole nitrogens is 1. The molecule has 6 N–H and O–H groups in total. The monoisotopic (exact) mass is 316 g/mol. The van der Waals surface area contributed by atoms with Gasteiger partial charge in [-0.3, -0.25) is 15.0 Å². The predicted molar refractivity (Wildman–Crippen MR) is 86.1 cm³/mol. The molecule has 0 atom stereocenters. The highest BCUT2D eigenvalue weighted by molar-refractivity contribution is 5.91. The van der Waals surface area contributed by atoms with E-state index in [1.165, 1.54) is 18.9 Å². The maximum Gasteiger partial charge on any atom is 0.285 e. The van der Waals surface area contributed by atoms with Crippen molar-refractivity contribution in [1.29, 1.82) is 0 Å². The smallest absolute Gasteiger partial charge is 0.285 e. The summed E-state index contributed by atoms with van der Waals surface area (Å²) in [4.78, 5) is 30.5. The van der Waals surface area contributed by atoms with E-state index in [0.717, 1.165) is 31.4 Å². The number of pyridine rings is 1. The second kappa shape index (κ2) is 6.25. The molecule has 1 saturated carbocycles. The van der Waals surface area contributed by atoms with E-state index in [-0.39, 0.29) is 16.9 Å². The molecule has 1 aliphatic rings. The Morgan fingerprint density at radius 2 is 2.09 bits per heavy atom. The van der Waals surface area contributed by atoms with Crippen molar-refractivity contribution in [2.24, 2.45) is 5.84 Å². The van der Waals surface area contributed by atoms with Crippen LogP contribution in [0.3, 0.4) is 0 Å².